The van der Waals surface area contributed by atoms with Gasteiger partial charge in [-0.3, -0.25) is 15.1 Å². The first-order valence-corrected chi connectivity index (χ1v) is 15.0. The first kappa shape index (κ1) is 28.2. The normalized spacial score (nSPS) is 15.1. The SMILES string of the molecule is CC(C)(C)c1cc(C(=O)N2CCS(=O)(=O)CC2)c(NC(=O)Nc2ccc(Oc3c(Cl)cncc3Cl)cc2)s1. The third kappa shape index (κ3) is 6.76. The molecule has 2 aromatic heterocycles. The topological polar surface area (TPSA) is 118 Å². The molecule has 1 aliphatic rings. The van der Waals surface area contributed by atoms with E-state index in [1.54, 1.807) is 30.3 Å². The predicted octanol–water partition coefficient (Wildman–Crippen LogP) is 6.05. The summed E-state index contributed by atoms with van der Waals surface area (Å²) in [6, 6.07) is 7.82. The van der Waals surface area contributed by atoms with Gasteiger partial charge in [0.15, 0.2) is 15.6 Å². The second-order valence-corrected chi connectivity index (χ2v) is 13.9. The Morgan fingerprint density at radius 1 is 1.03 bits per heavy atom. The molecule has 0 spiro atoms. The molecule has 0 saturated carbocycles. The lowest BCUT2D eigenvalue weighted by Crippen LogP contribution is -2.43. The van der Waals surface area contributed by atoms with Gasteiger partial charge >= 0.3 is 6.03 Å². The molecule has 1 fully saturated rings. The zero-order valence-electron chi connectivity index (χ0n) is 20.9. The fourth-order valence-corrected chi connectivity index (χ4v) is 6.33. The van der Waals surface area contributed by atoms with Crippen LogP contribution >= 0.6 is 34.5 Å². The maximum atomic E-state index is 13.3. The van der Waals surface area contributed by atoms with Crippen LogP contribution in [0.5, 0.6) is 11.5 Å². The lowest BCUT2D eigenvalue weighted by Gasteiger charge is -2.26. The molecule has 202 valence electrons. The molecule has 0 aliphatic carbocycles. The van der Waals surface area contributed by atoms with Gasteiger partial charge in [-0.1, -0.05) is 44.0 Å². The lowest BCUT2D eigenvalue weighted by atomic mass is 9.94. The minimum absolute atomic E-state index is 0.0719. The van der Waals surface area contributed by atoms with Crippen molar-refractivity contribution < 1.29 is 22.7 Å². The number of ether oxygens (including phenoxy) is 1. The number of sulfone groups is 1. The first-order chi connectivity index (χ1) is 17.8. The number of carbonyl (C=O) groups is 2. The average Bonchev–Trinajstić information content (AvgIpc) is 3.26. The Hall–Kier alpha value is -2.86. The highest BCUT2D eigenvalue weighted by molar-refractivity contribution is 7.91. The summed E-state index contributed by atoms with van der Waals surface area (Å²) >= 11 is 13.5. The largest absolute Gasteiger partial charge is 0.454 e. The van der Waals surface area contributed by atoms with Gasteiger partial charge in [-0.15, -0.1) is 11.3 Å². The van der Waals surface area contributed by atoms with Gasteiger partial charge in [0.25, 0.3) is 5.91 Å². The molecule has 13 heteroatoms. The van der Waals surface area contributed by atoms with Crippen LogP contribution in [0.2, 0.25) is 10.0 Å². The third-order valence-electron chi connectivity index (χ3n) is 5.70. The fourth-order valence-electron chi connectivity index (χ4n) is 3.58. The van der Waals surface area contributed by atoms with E-state index >= 15 is 0 Å². The number of hydrogen-bond acceptors (Lipinski definition) is 7. The highest BCUT2D eigenvalue weighted by Crippen LogP contribution is 2.37. The summed E-state index contributed by atoms with van der Waals surface area (Å²) in [7, 11) is -3.13. The van der Waals surface area contributed by atoms with Crippen LogP contribution < -0.4 is 15.4 Å². The van der Waals surface area contributed by atoms with Crippen LogP contribution in [0.3, 0.4) is 0 Å². The van der Waals surface area contributed by atoms with E-state index in [-0.39, 0.29) is 51.7 Å². The molecule has 1 aliphatic heterocycles. The van der Waals surface area contributed by atoms with Gasteiger partial charge in [0.1, 0.15) is 20.8 Å². The molecule has 3 aromatic rings. The minimum Gasteiger partial charge on any atom is -0.454 e. The number of aromatic nitrogens is 1. The second kappa shape index (κ2) is 11.1. The molecule has 0 radical (unpaired) electrons. The van der Waals surface area contributed by atoms with E-state index in [1.165, 1.54) is 28.6 Å². The Balaban J connectivity index is 1.47. The number of urea groups is 1. The van der Waals surface area contributed by atoms with E-state index in [9.17, 15) is 18.0 Å². The molecule has 3 amide bonds. The molecular weight excluding hydrogens is 571 g/mol. The zero-order chi connectivity index (χ0) is 27.7. The number of anilines is 2. The standard InChI is InChI=1S/C25H26Cl2N4O5S2/c1-25(2,3)20-12-17(23(32)31-8-10-38(34,35)11-9-31)22(37-20)30-24(33)29-15-4-6-16(7-5-15)36-21-18(26)13-28-14-19(21)27/h4-7,12-14H,8-11H2,1-3H3,(H2,29,30,33). The average molecular weight is 598 g/mol. The second-order valence-electron chi connectivity index (χ2n) is 9.69. The number of benzene rings is 1. The fraction of sp³-hybridized carbons (Fsp3) is 0.320. The molecule has 1 saturated heterocycles. The van der Waals surface area contributed by atoms with Crippen LogP contribution in [0.25, 0.3) is 0 Å². The van der Waals surface area contributed by atoms with Crippen molar-refractivity contribution in [2.75, 3.05) is 35.2 Å². The van der Waals surface area contributed by atoms with Gasteiger partial charge in [0.2, 0.25) is 0 Å². The maximum Gasteiger partial charge on any atom is 0.324 e. The summed E-state index contributed by atoms with van der Waals surface area (Å²) in [4.78, 5) is 32.4. The number of halogens is 2. The van der Waals surface area contributed by atoms with Crippen molar-refractivity contribution in [1.82, 2.24) is 9.88 Å². The van der Waals surface area contributed by atoms with Crippen LogP contribution in [0.15, 0.2) is 42.7 Å². The van der Waals surface area contributed by atoms with E-state index < -0.39 is 15.9 Å². The highest BCUT2D eigenvalue weighted by Gasteiger charge is 2.30. The number of carbonyl (C=O) groups excluding carboxylic acids is 2. The van der Waals surface area contributed by atoms with Gasteiger partial charge < -0.3 is 15.0 Å². The Labute approximate surface area is 235 Å². The summed E-state index contributed by atoms with van der Waals surface area (Å²) < 4.78 is 29.3. The summed E-state index contributed by atoms with van der Waals surface area (Å²) in [5, 5.41) is 6.46. The number of rotatable bonds is 5. The minimum atomic E-state index is -3.13. The summed E-state index contributed by atoms with van der Waals surface area (Å²) in [5.41, 5.74) is 0.574. The van der Waals surface area contributed by atoms with Crippen molar-refractivity contribution in [2.24, 2.45) is 0 Å². The molecule has 9 nitrogen and oxygen atoms in total. The molecule has 0 atom stereocenters. The molecule has 4 rings (SSSR count). The third-order valence-corrected chi connectivity index (χ3v) is 9.33. The lowest BCUT2D eigenvalue weighted by molar-refractivity contribution is 0.0771. The monoisotopic (exact) mass is 596 g/mol. The van der Waals surface area contributed by atoms with Crippen molar-refractivity contribution in [3.05, 3.63) is 63.2 Å². The Bertz CT molecular complexity index is 1430. The molecular formula is C25H26Cl2N4O5S2. The highest BCUT2D eigenvalue weighted by atomic mass is 35.5. The maximum absolute atomic E-state index is 13.3. The van der Waals surface area contributed by atoms with Gasteiger partial charge in [0, 0.05) is 36.0 Å². The van der Waals surface area contributed by atoms with E-state index in [4.69, 9.17) is 27.9 Å². The van der Waals surface area contributed by atoms with Gasteiger partial charge in [-0.05, 0) is 35.7 Å². The number of nitrogens with one attached hydrogen (secondary N) is 2. The number of nitrogens with zero attached hydrogens (tertiary/aromatic N) is 2. The predicted molar refractivity (Wildman–Crippen MR) is 151 cm³/mol. The molecule has 0 unspecified atom stereocenters. The van der Waals surface area contributed by atoms with Crippen molar-refractivity contribution in [3.63, 3.8) is 0 Å². The van der Waals surface area contributed by atoms with Crippen molar-refractivity contribution in [3.8, 4) is 11.5 Å². The Kier molecular flexibility index (Phi) is 8.22. The van der Waals surface area contributed by atoms with E-state index in [1.807, 2.05) is 20.8 Å². The van der Waals surface area contributed by atoms with Crippen LogP contribution in [-0.2, 0) is 15.3 Å². The van der Waals surface area contributed by atoms with Crippen molar-refractivity contribution in [1.29, 1.82) is 0 Å². The summed E-state index contributed by atoms with van der Waals surface area (Å²) in [5.74, 6) is 0.277. The Morgan fingerprint density at radius 2 is 1.63 bits per heavy atom. The quantitative estimate of drug-likeness (QED) is 0.370. The summed E-state index contributed by atoms with van der Waals surface area (Å²) in [6.45, 7) is 6.29. The van der Waals surface area contributed by atoms with Gasteiger partial charge in [-0.25, -0.2) is 13.2 Å². The number of thiophene rings is 1. The number of pyridine rings is 1. The van der Waals surface area contributed by atoms with E-state index in [0.29, 0.717) is 22.0 Å². The van der Waals surface area contributed by atoms with Crippen molar-refractivity contribution in [2.45, 2.75) is 26.2 Å². The van der Waals surface area contributed by atoms with Gasteiger partial charge in [0.05, 0.1) is 17.1 Å². The van der Waals surface area contributed by atoms with Gasteiger partial charge in [-0.2, -0.15) is 0 Å². The van der Waals surface area contributed by atoms with Crippen LogP contribution in [0.4, 0.5) is 15.5 Å². The number of amides is 3. The van der Waals surface area contributed by atoms with Crippen LogP contribution in [0, 0.1) is 0 Å². The molecule has 1 aromatic carbocycles. The smallest absolute Gasteiger partial charge is 0.324 e. The zero-order valence-corrected chi connectivity index (χ0v) is 24.0. The van der Waals surface area contributed by atoms with Crippen molar-refractivity contribution >= 4 is 67.0 Å². The molecule has 2 N–H and O–H groups in total. The molecule has 0 bridgehead atoms. The molecule has 3 heterocycles. The van der Waals surface area contributed by atoms with E-state index in [2.05, 4.69) is 15.6 Å². The Morgan fingerprint density at radius 3 is 2.21 bits per heavy atom. The summed E-state index contributed by atoms with van der Waals surface area (Å²) in [6.07, 6.45) is 2.84. The first-order valence-electron chi connectivity index (χ1n) is 11.6. The van der Waals surface area contributed by atoms with E-state index in [0.717, 1.165) is 4.88 Å². The molecule has 38 heavy (non-hydrogen) atoms. The van der Waals surface area contributed by atoms with Crippen LogP contribution in [-0.4, -0.2) is 54.8 Å². The van der Waals surface area contributed by atoms with Crippen LogP contribution in [0.1, 0.15) is 36.0 Å². The number of hydrogen-bond donors (Lipinski definition) is 2.